The van der Waals surface area contributed by atoms with Gasteiger partial charge in [0.15, 0.2) is 5.82 Å². The first kappa shape index (κ1) is 31.6. The zero-order chi connectivity index (χ0) is 31.8. The monoisotopic (exact) mass is 647 g/mol. The molecule has 2 aliphatic heterocycles. The molecule has 3 aromatic carbocycles. The summed E-state index contributed by atoms with van der Waals surface area (Å²) < 4.78 is 88.1. The van der Waals surface area contributed by atoms with Gasteiger partial charge in [-0.2, -0.15) is 31.1 Å². The smallest absolute Gasteiger partial charge is 0.371 e. The summed E-state index contributed by atoms with van der Waals surface area (Å²) in [7, 11) is 0. The number of nitrogens with zero attached hydrogens (tertiary/aromatic N) is 5. The molecule has 2 fully saturated rings. The summed E-state index contributed by atoms with van der Waals surface area (Å²) in [4.78, 5) is 3.93. The van der Waals surface area contributed by atoms with E-state index in [1.54, 1.807) is 16.6 Å². The van der Waals surface area contributed by atoms with E-state index < -0.39 is 41.7 Å². The van der Waals surface area contributed by atoms with Gasteiger partial charge in [0.2, 0.25) is 0 Å². The highest BCUT2D eigenvalue weighted by atomic mass is 32.2. The van der Waals surface area contributed by atoms with E-state index in [4.69, 9.17) is 4.74 Å². The maximum atomic E-state index is 13.6. The average Bonchev–Trinajstić information content (AvgIpc) is 3.55. The van der Waals surface area contributed by atoms with Crippen molar-refractivity contribution in [3.8, 4) is 0 Å². The Labute approximate surface area is 260 Å². The van der Waals surface area contributed by atoms with Crippen molar-refractivity contribution in [3.63, 3.8) is 0 Å². The number of tetrazole rings is 1. The molecule has 2 saturated heterocycles. The minimum Gasteiger partial charge on any atom is -0.371 e. The van der Waals surface area contributed by atoms with Crippen LogP contribution in [0.5, 0.6) is 0 Å². The van der Waals surface area contributed by atoms with Gasteiger partial charge in [-0.05, 0) is 65.6 Å². The van der Waals surface area contributed by atoms with Crippen LogP contribution in [0.4, 0.5) is 26.3 Å². The number of rotatable bonds is 9. The van der Waals surface area contributed by atoms with Crippen molar-refractivity contribution in [1.82, 2.24) is 25.1 Å². The predicted molar refractivity (Wildman–Crippen MR) is 157 cm³/mol. The van der Waals surface area contributed by atoms with E-state index in [-0.39, 0.29) is 23.6 Å². The second-order valence-electron chi connectivity index (χ2n) is 11.5. The van der Waals surface area contributed by atoms with Crippen molar-refractivity contribution < 1.29 is 31.1 Å². The Morgan fingerprint density at radius 1 is 0.867 bits per heavy atom. The van der Waals surface area contributed by atoms with Gasteiger partial charge >= 0.3 is 12.4 Å². The van der Waals surface area contributed by atoms with E-state index in [1.807, 2.05) is 66.9 Å². The van der Waals surface area contributed by atoms with Gasteiger partial charge in [-0.3, -0.25) is 4.90 Å². The number of ether oxygens (including phenoxy) is 1. The fourth-order valence-corrected chi connectivity index (χ4v) is 7.27. The first-order valence-electron chi connectivity index (χ1n) is 14.5. The number of aromatic nitrogens is 4. The summed E-state index contributed by atoms with van der Waals surface area (Å²) in [5.41, 5.74) is -1.64. The molecule has 238 valence electrons. The summed E-state index contributed by atoms with van der Waals surface area (Å²) in [5.74, 6) is 1.03. The SMILES string of the molecule is CSCn1nnc([C@@H]2C[C@@]3(c4ccccc4)[C@H](OCc4cc(C(F)(F)F)cc(C(F)(F)F)c4)CC[C@@H]2N3Cc2ccccc2)n1. The third kappa shape index (κ3) is 6.34. The molecule has 0 unspecified atom stereocenters. The van der Waals surface area contributed by atoms with E-state index in [9.17, 15) is 26.3 Å². The van der Waals surface area contributed by atoms with Gasteiger partial charge in [0.05, 0.1) is 29.4 Å². The summed E-state index contributed by atoms with van der Waals surface area (Å²) in [6, 6.07) is 21.3. The van der Waals surface area contributed by atoms with Crippen molar-refractivity contribution in [1.29, 1.82) is 0 Å². The lowest BCUT2D eigenvalue weighted by Crippen LogP contribution is -2.56. The molecule has 0 radical (unpaired) electrons. The standard InChI is InChI=1S/C32H31F6N5OS/c1-45-20-43-40-29(39-41-43)26-17-30(23-10-6-3-7-11-23)28(13-12-27(26)42(30)18-21-8-4-2-5-9-21)44-19-22-14-24(31(33,34)35)16-25(15-22)32(36,37)38/h2-11,14-16,26-28H,12-13,17-20H2,1H3/t26-,27+,28-,30-/m1/s1. The van der Waals surface area contributed by atoms with Gasteiger partial charge in [-0.25, -0.2) is 0 Å². The van der Waals surface area contributed by atoms with Crippen LogP contribution in [-0.4, -0.2) is 43.5 Å². The second-order valence-corrected chi connectivity index (χ2v) is 12.3. The largest absolute Gasteiger partial charge is 0.416 e. The number of benzene rings is 3. The van der Waals surface area contributed by atoms with Crippen molar-refractivity contribution in [2.24, 2.45) is 0 Å². The van der Waals surface area contributed by atoms with Crippen LogP contribution in [0.3, 0.4) is 0 Å². The molecule has 2 aliphatic rings. The zero-order valence-corrected chi connectivity index (χ0v) is 25.1. The van der Waals surface area contributed by atoms with Crippen LogP contribution in [0.2, 0.25) is 0 Å². The van der Waals surface area contributed by atoms with Crippen LogP contribution in [0.25, 0.3) is 0 Å². The molecule has 0 spiro atoms. The molecule has 4 atom stereocenters. The average molecular weight is 648 g/mol. The van der Waals surface area contributed by atoms with Crippen LogP contribution in [-0.2, 0) is 41.7 Å². The van der Waals surface area contributed by atoms with Crippen LogP contribution in [0.15, 0.2) is 78.9 Å². The minimum absolute atomic E-state index is 0.00239. The lowest BCUT2D eigenvalue weighted by atomic mass is 9.78. The fraction of sp³-hybridized carbons (Fsp3) is 0.406. The van der Waals surface area contributed by atoms with E-state index in [1.165, 1.54) is 0 Å². The Bertz CT molecular complexity index is 1570. The number of hydrogen-bond acceptors (Lipinski definition) is 6. The Morgan fingerprint density at radius 2 is 1.51 bits per heavy atom. The van der Waals surface area contributed by atoms with Gasteiger partial charge < -0.3 is 4.74 Å². The molecule has 1 aromatic heterocycles. The molecule has 2 bridgehead atoms. The Morgan fingerprint density at radius 3 is 2.13 bits per heavy atom. The highest BCUT2D eigenvalue weighted by molar-refractivity contribution is 7.97. The molecule has 6 nitrogen and oxygen atoms in total. The number of piperidine rings is 1. The number of alkyl halides is 6. The molecule has 13 heteroatoms. The molecule has 0 amide bonds. The number of fused-ring (bicyclic) bond motifs is 2. The molecular formula is C32H31F6N5OS. The highest BCUT2D eigenvalue weighted by Gasteiger charge is 2.60. The Hall–Kier alpha value is -3.42. The minimum atomic E-state index is -4.94. The molecular weight excluding hydrogens is 616 g/mol. The van der Waals surface area contributed by atoms with Crippen molar-refractivity contribution in [3.05, 3.63) is 113 Å². The summed E-state index contributed by atoms with van der Waals surface area (Å²) in [5, 5.41) is 13.3. The normalized spacial score (nSPS) is 23.8. The highest BCUT2D eigenvalue weighted by Crippen LogP contribution is 2.57. The Kier molecular flexibility index (Phi) is 8.70. The topological polar surface area (TPSA) is 56.1 Å². The quantitative estimate of drug-likeness (QED) is 0.174. The Balaban J connectivity index is 1.41. The summed E-state index contributed by atoms with van der Waals surface area (Å²) >= 11 is 1.56. The van der Waals surface area contributed by atoms with Gasteiger partial charge in [-0.1, -0.05) is 60.7 Å². The summed E-state index contributed by atoms with van der Waals surface area (Å²) in [6.07, 6.45) is -6.72. The van der Waals surface area contributed by atoms with E-state index in [2.05, 4.69) is 20.3 Å². The van der Waals surface area contributed by atoms with Crippen molar-refractivity contribution in [2.45, 2.75) is 74.2 Å². The van der Waals surface area contributed by atoms with Crippen molar-refractivity contribution in [2.75, 3.05) is 6.26 Å². The molecule has 3 heterocycles. The summed E-state index contributed by atoms with van der Waals surface area (Å²) in [6.45, 7) is 0.139. The lowest BCUT2D eigenvalue weighted by molar-refractivity contribution is -0.143. The van der Waals surface area contributed by atoms with Crippen LogP contribution >= 0.6 is 11.8 Å². The number of thioether (sulfide) groups is 1. The fourth-order valence-electron chi connectivity index (χ4n) is 6.93. The molecule has 0 aliphatic carbocycles. The molecule has 0 saturated carbocycles. The maximum absolute atomic E-state index is 13.6. The van der Waals surface area contributed by atoms with E-state index in [0.717, 1.165) is 23.3 Å². The second kappa shape index (κ2) is 12.4. The molecule has 0 N–H and O–H groups in total. The van der Waals surface area contributed by atoms with Crippen LogP contribution < -0.4 is 0 Å². The van der Waals surface area contributed by atoms with Gasteiger partial charge in [0, 0.05) is 18.5 Å². The van der Waals surface area contributed by atoms with Crippen LogP contribution in [0.1, 0.15) is 58.8 Å². The van der Waals surface area contributed by atoms with Crippen molar-refractivity contribution >= 4 is 11.8 Å². The van der Waals surface area contributed by atoms with E-state index in [0.29, 0.717) is 37.5 Å². The third-order valence-corrected chi connectivity index (χ3v) is 9.27. The first-order chi connectivity index (χ1) is 21.5. The van der Waals surface area contributed by atoms with Gasteiger partial charge in [0.25, 0.3) is 0 Å². The van der Waals surface area contributed by atoms with Gasteiger partial charge in [-0.15, -0.1) is 22.0 Å². The van der Waals surface area contributed by atoms with Crippen LogP contribution in [0, 0.1) is 0 Å². The lowest BCUT2D eigenvalue weighted by Gasteiger charge is -2.50. The number of halogens is 6. The van der Waals surface area contributed by atoms with E-state index >= 15 is 0 Å². The first-order valence-corrected chi connectivity index (χ1v) is 15.9. The zero-order valence-electron chi connectivity index (χ0n) is 24.3. The molecule has 45 heavy (non-hydrogen) atoms. The van der Waals surface area contributed by atoms with Gasteiger partial charge in [0.1, 0.15) is 5.88 Å². The molecule has 6 rings (SSSR count). The maximum Gasteiger partial charge on any atom is 0.416 e. The molecule has 4 aromatic rings. The predicted octanol–water partition coefficient (Wildman–Crippen LogP) is 7.66. The number of hydrogen-bond donors (Lipinski definition) is 0. The third-order valence-electron chi connectivity index (χ3n) is 8.78.